The van der Waals surface area contributed by atoms with Crippen molar-refractivity contribution in [2.75, 3.05) is 11.9 Å². The molecule has 146 valence electrons. The van der Waals surface area contributed by atoms with Crippen LogP contribution in [0, 0.1) is 6.92 Å². The van der Waals surface area contributed by atoms with Crippen LogP contribution >= 0.6 is 23.2 Å². The average molecular weight is 423 g/mol. The van der Waals surface area contributed by atoms with Gasteiger partial charge < -0.3 is 10.1 Å². The van der Waals surface area contributed by atoms with Gasteiger partial charge in [-0.3, -0.25) is 18.7 Å². The van der Waals surface area contributed by atoms with Gasteiger partial charge in [0.25, 0.3) is 11.5 Å². The van der Waals surface area contributed by atoms with Crippen LogP contribution in [0.15, 0.2) is 34.0 Å². The van der Waals surface area contributed by atoms with Gasteiger partial charge in [-0.25, -0.2) is 9.78 Å². The molecule has 0 spiro atoms. The van der Waals surface area contributed by atoms with Crippen LogP contribution in [0.2, 0.25) is 10.0 Å². The molecule has 1 aromatic carbocycles. The molecule has 0 saturated heterocycles. The van der Waals surface area contributed by atoms with E-state index in [0.717, 1.165) is 4.57 Å². The van der Waals surface area contributed by atoms with Gasteiger partial charge in [0.1, 0.15) is 11.1 Å². The molecule has 1 amide bonds. The third-order valence-electron chi connectivity index (χ3n) is 4.18. The maximum absolute atomic E-state index is 12.6. The van der Waals surface area contributed by atoms with Crippen LogP contribution < -0.4 is 21.3 Å². The normalized spacial score (nSPS) is 10.9. The van der Waals surface area contributed by atoms with Crippen molar-refractivity contribution in [3.05, 3.63) is 60.8 Å². The third-order valence-corrected chi connectivity index (χ3v) is 4.71. The third kappa shape index (κ3) is 3.61. The van der Waals surface area contributed by atoms with Crippen LogP contribution in [-0.2, 0) is 18.9 Å². The Morgan fingerprint density at radius 3 is 2.61 bits per heavy atom. The lowest BCUT2D eigenvalue weighted by molar-refractivity contribution is -0.118. The predicted octanol–water partition coefficient (Wildman–Crippen LogP) is 2.26. The van der Waals surface area contributed by atoms with Gasteiger partial charge in [0.2, 0.25) is 0 Å². The van der Waals surface area contributed by atoms with Crippen LogP contribution in [0.3, 0.4) is 0 Å². The maximum Gasteiger partial charge on any atom is 0.332 e. The fraction of sp³-hybridized carbons (Fsp3) is 0.222. The molecule has 2 aromatic heterocycles. The smallest absolute Gasteiger partial charge is 0.332 e. The van der Waals surface area contributed by atoms with E-state index >= 15 is 0 Å². The first-order valence-corrected chi connectivity index (χ1v) is 8.89. The number of pyridine rings is 1. The summed E-state index contributed by atoms with van der Waals surface area (Å²) in [5, 5.41) is 3.53. The number of rotatable bonds is 4. The number of fused-ring (bicyclic) bond motifs is 1. The summed E-state index contributed by atoms with van der Waals surface area (Å²) in [6.07, 6.45) is 1.48. The van der Waals surface area contributed by atoms with E-state index in [4.69, 9.17) is 27.9 Å². The molecule has 0 unspecified atom stereocenters. The van der Waals surface area contributed by atoms with Crippen molar-refractivity contribution in [2.24, 2.45) is 14.1 Å². The fourth-order valence-corrected chi connectivity index (χ4v) is 3.16. The van der Waals surface area contributed by atoms with Gasteiger partial charge >= 0.3 is 5.69 Å². The lowest BCUT2D eigenvalue weighted by atomic mass is 10.2. The number of aromatic nitrogens is 3. The van der Waals surface area contributed by atoms with Crippen molar-refractivity contribution in [3.63, 3.8) is 0 Å². The van der Waals surface area contributed by atoms with Crippen molar-refractivity contribution < 1.29 is 9.53 Å². The highest BCUT2D eigenvalue weighted by Crippen LogP contribution is 2.27. The highest BCUT2D eigenvalue weighted by atomic mass is 35.5. The molecule has 0 radical (unpaired) electrons. The summed E-state index contributed by atoms with van der Waals surface area (Å²) in [4.78, 5) is 41.3. The van der Waals surface area contributed by atoms with Gasteiger partial charge in [-0.15, -0.1) is 0 Å². The SMILES string of the molecule is Cc1cnc2c(c1NC(=O)COc1ccc(Cl)cc1Cl)c(=O)n(C)c(=O)n2C. The maximum atomic E-state index is 12.6. The summed E-state index contributed by atoms with van der Waals surface area (Å²) in [5.74, 6) is -0.201. The number of nitrogens with one attached hydrogen (secondary N) is 1. The van der Waals surface area contributed by atoms with E-state index in [-0.39, 0.29) is 28.4 Å². The second-order valence-electron chi connectivity index (χ2n) is 6.13. The molecule has 0 aliphatic heterocycles. The second kappa shape index (κ2) is 7.65. The second-order valence-corrected chi connectivity index (χ2v) is 6.98. The summed E-state index contributed by atoms with van der Waals surface area (Å²) in [7, 11) is 2.87. The number of hydrogen-bond donors (Lipinski definition) is 1. The zero-order valence-electron chi connectivity index (χ0n) is 15.2. The summed E-state index contributed by atoms with van der Waals surface area (Å²) in [5.41, 5.74) is -0.0353. The molecule has 0 aliphatic rings. The molecular formula is C18H16Cl2N4O4. The van der Waals surface area contributed by atoms with E-state index in [1.807, 2.05) is 0 Å². The minimum atomic E-state index is -0.550. The lowest BCUT2D eigenvalue weighted by Crippen LogP contribution is -2.38. The van der Waals surface area contributed by atoms with Crippen LogP contribution in [0.4, 0.5) is 5.69 Å². The van der Waals surface area contributed by atoms with Gasteiger partial charge in [-0.05, 0) is 30.7 Å². The Morgan fingerprint density at radius 1 is 1.21 bits per heavy atom. The number of carbonyl (C=O) groups excluding carboxylic acids is 1. The number of halogens is 2. The average Bonchev–Trinajstić information content (AvgIpc) is 2.65. The molecule has 0 atom stereocenters. The molecule has 10 heteroatoms. The van der Waals surface area contributed by atoms with Crippen molar-refractivity contribution >= 4 is 45.8 Å². The molecule has 3 aromatic rings. The minimum absolute atomic E-state index is 0.141. The molecule has 3 rings (SSSR count). The minimum Gasteiger partial charge on any atom is -0.482 e. The van der Waals surface area contributed by atoms with Gasteiger partial charge in [0.15, 0.2) is 12.3 Å². The van der Waals surface area contributed by atoms with E-state index in [1.165, 1.54) is 30.9 Å². The van der Waals surface area contributed by atoms with Crippen LogP contribution in [0.1, 0.15) is 5.56 Å². The Kier molecular flexibility index (Phi) is 5.44. The Balaban J connectivity index is 1.93. The van der Waals surface area contributed by atoms with Crippen molar-refractivity contribution in [2.45, 2.75) is 6.92 Å². The van der Waals surface area contributed by atoms with Crippen molar-refractivity contribution in [3.8, 4) is 5.75 Å². The van der Waals surface area contributed by atoms with Gasteiger partial charge in [-0.1, -0.05) is 23.2 Å². The van der Waals surface area contributed by atoms with Gasteiger partial charge in [0, 0.05) is 25.3 Å². The van der Waals surface area contributed by atoms with E-state index in [0.29, 0.717) is 16.3 Å². The topological polar surface area (TPSA) is 95.2 Å². The summed E-state index contributed by atoms with van der Waals surface area (Å²) in [6.45, 7) is 1.36. The molecule has 28 heavy (non-hydrogen) atoms. The predicted molar refractivity (Wildman–Crippen MR) is 108 cm³/mol. The number of ether oxygens (including phenoxy) is 1. The quantitative estimate of drug-likeness (QED) is 0.695. The lowest BCUT2D eigenvalue weighted by Gasteiger charge is -2.14. The van der Waals surface area contributed by atoms with Crippen LogP contribution in [0.25, 0.3) is 11.0 Å². The van der Waals surface area contributed by atoms with Gasteiger partial charge in [0.05, 0.1) is 10.7 Å². The first kappa shape index (κ1) is 19.9. The molecular weight excluding hydrogens is 407 g/mol. The number of hydrogen-bond acceptors (Lipinski definition) is 5. The zero-order chi connectivity index (χ0) is 20.6. The molecule has 0 fully saturated rings. The van der Waals surface area contributed by atoms with Crippen molar-refractivity contribution in [1.29, 1.82) is 0 Å². The molecule has 0 bridgehead atoms. The Hall–Kier alpha value is -2.84. The van der Waals surface area contributed by atoms with E-state index < -0.39 is 17.2 Å². The van der Waals surface area contributed by atoms with Crippen LogP contribution in [0.5, 0.6) is 5.75 Å². The summed E-state index contributed by atoms with van der Waals surface area (Å²) in [6, 6.07) is 4.64. The number of benzene rings is 1. The Bertz CT molecular complexity index is 1220. The number of amides is 1. The molecule has 2 heterocycles. The highest BCUT2D eigenvalue weighted by Gasteiger charge is 2.17. The highest BCUT2D eigenvalue weighted by molar-refractivity contribution is 6.35. The van der Waals surface area contributed by atoms with Crippen molar-refractivity contribution in [1.82, 2.24) is 14.1 Å². The summed E-state index contributed by atoms with van der Waals surface area (Å²) < 4.78 is 7.62. The van der Waals surface area contributed by atoms with Gasteiger partial charge in [-0.2, -0.15) is 0 Å². The number of anilines is 1. The molecule has 1 N–H and O–H groups in total. The first-order valence-electron chi connectivity index (χ1n) is 8.13. The van der Waals surface area contributed by atoms with E-state index in [1.54, 1.807) is 19.1 Å². The Morgan fingerprint density at radius 2 is 1.93 bits per heavy atom. The number of nitrogens with zero attached hydrogens (tertiary/aromatic N) is 3. The molecule has 8 nitrogen and oxygen atoms in total. The number of carbonyl (C=O) groups is 1. The van der Waals surface area contributed by atoms with E-state index in [9.17, 15) is 14.4 Å². The number of aryl methyl sites for hydroxylation is 2. The van der Waals surface area contributed by atoms with Crippen LogP contribution in [-0.4, -0.2) is 26.6 Å². The summed E-state index contributed by atoms with van der Waals surface area (Å²) >= 11 is 11.9. The molecule has 0 aliphatic carbocycles. The zero-order valence-corrected chi connectivity index (χ0v) is 16.8. The molecule has 0 saturated carbocycles. The standard InChI is InChI=1S/C18H16Cl2N4O4/c1-9-7-21-16-14(17(26)24(3)18(27)23(16)2)15(9)22-13(25)8-28-12-5-4-10(19)6-11(12)20/h4-7H,8H2,1-3H3,(H,21,22,25). The van der Waals surface area contributed by atoms with E-state index in [2.05, 4.69) is 10.3 Å². The monoisotopic (exact) mass is 422 g/mol. The fourth-order valence-electron chi connectivity index (χ4n) is 2.70. The first-order chi connectivity index (χ1) is 13.2. The Labute approximate surface area is 169 Å². The largest absolute Gasteiger partial charge is 0.482 e.